The number of carbonyl (C=O) groups is 2. The largest absolute Gasteiger partial charge is 0.344 e. The van der Waals surface area contributed by atoms with Crippen LogP contribution in [0.3, 0.4) is 0 Å². The highest BCUT2D eigenvalue weighted by Gasteiger charge is 2.34. The lowest BCUT2D eigenvalue weighted by molar-refractivity contribution is -0.136. The van der Waals surface area contributed by atoms with Gasteiger partial charge in [0.25, 0.3) is 0 Å². The van der Waals surface area contributed by atoms with E-state index in [2.05, 4.69) is 12.2 Å². The Bertz CT molecular complexity index is 330. The Kier molecular flexibility index (Phi) is 4.25. The molecule has 1 saturated heterocycles. The van der Waals surface area contributed by atoms with Gasteiger partial charge in [-0.3, -0.25) is 9.59 Å². The fraction of sp³-hybridized carbons (Fsp3) is 0.857. The van der Waals surface area contributed by atoms with E-state index >= 15 is 0 Å². The summed E-state index contributed by atoms with van der Waals surface area (Å²) in [5.74, 6) is 0.840. The zero-order valence-electron chi connectivity index (χ0n) is 11.4. The summed E-state index contributed by atoms with van der Waals surface area (Å²) in [5.41, 5.74) is 0. The highest BCUT2D eigenvalue weighted by Crippen LogP contribution is 2.28. The summed E-state index contributed by atoms with van der Waals surface area (Å²) in [6.45, 7) is 4.81. The van der Waals surface area contributed by atoms with Crippen LogP contribution in [0.5, 0.6) is 0 Å². The first kappa shape index (κ1) is 13.4. The van der Waals surface area contributed by atoms with Crippen molar-refractivity contribution in [3.05, 3.63) is 0 Å². The van der Waals surface area contributed by atoms with Crippen LogP contribution in [-0.2, 0) is 9.59 Å². The number of hydrogen-bond acceptors (Lipinski definition) is 2. The lowest BCUT2D eigenvalue weighted by Crippen LogP contribution is -2.49. The van der Waals surface area contributed by atoms with E-state index in [-0.39, 0.29) is 17.9 Å². The first-order valence-corrected chi connectivity index (χ1v) is 7.21. The van der Waals surface area contributed by atoms with E-state index < -0.39 is 0 Å². The molecule has 2 rings (SSSR count). The topological polar surface area (TPSA) is 49.4 Å². The number of hydrogen-bond donors (Lipinski definition) is 1. The van der Waals surface area contributed by atoms with Gasteiger partial charge in [-0.05, 0) is 25.2 Å². The van der Waals surface area contributed by atoms with Gasteiger partial charge in [0.2, 0.25) is 11.8 Å². The number of amides is 2. The summed E-state index contributed by atoms with van der Waals surface area (Å²) < 4.78 is 0. The SMILES string of the molecule is CCC1NC(=O)CCN(C2CCCC(C)C2)C1=O. The standard InChI is InChI=1S/C14H24N2O2/c1-3-12-14(18)16(8-7-13(17)15-12)11-6-4-5-10(2)9-11/h10-12H,3-9H2,1-2H3,(H,15,17). The first-order valence-electron chi connectivity index (χ1n) is 7.21. The van der Waals surface area contributed by atoms with Gasteiger partial charge in [-0.15, -0.1) is 0 Å². The molecule has 2 amide bonds. The van der Waals surface area contributed by atoms with Gasteiger partial charge in [0, 0.05) is 19.0 Å². The number of nitrogens with one attached hydrogen (secondary N) is 1. The summed E-state index contributed by atoms with van der Waals surface area (Å²) in [5, 5.41) is 2.83. The molecule has 0 radical (unpaired) electrons. The third-order valence-corrected chi connectivity index (χ3v) is 4.25. The first-order chi connectivity index (χ1) is 8.61. The Morgan fingerprint density at radius 1 is 1.33 bits per heavy atom. The summed E-state index contributed by atoms with van der Waals surface area (Å²) in [6.07, 6.45) is 5.80. The second-order valence-corrected chi connectivity index (χ2v) is 5.74. The smallest absolute Gasteiger partial charge is 0.245 e. The molecule has 1 saturated carbocycles. The van der Waals surface area contributed by atoms with Crippen LogP contribution in [0, 0.1) is 5.92 Å². The summed E-state index contributed by atoms with van der Waals surface area (Å²) >= 11 is 0. The number of rotatable bonds is 2. The van der Waals surface area contributed by atoms with Crippen LogP contribution in [-0.4, -0.2) is 35.3 Å². The molecule has 0 bridgehead atoms. The molecule has 3 atom stereocenters. The fourth-order valence-electron chi connectivity index (χ4n) is 3.18. The van der Waals surface area contributed by atoms with Gasteiger partial charge in [0.1, 0.15) is 6.04 Å². The molecular weight excluding hydrogens is 228 g/mol. The van der Waals surface area contributed by atoms with E-state index in [1.807, 2.05) is 11.8 Å². The molecule has 18 heavy (non-hydrogen) atoms. The normalized spacial score (nSPS) is 34.1. The van der Waals surface area contributed by atoms with Gasteiger partial charge in [-0.25, -0.2) is 0 Å². The maximum atomic E-state index is 12.4. The molecule has 1 aliphatic heterocycles. The van der Waals surface area contributed by atoms with Crippen LogP contribution in [0.2, 0.25) is 0 Å². The third-order valence-electron chi connectivity index (χ3n) is 4.25. The Labute approximate surface area is 109 Å². The summed E-state index contributed by atoms with van der Waals surface area (Å²) in [6, 6.07) is 0.0419. The molecule has 0 spiro atoms. The second-order valence-electron chi connectivity index (χ2n) is 5.74. The van der Waals surface area contributed by atoms with E-state index in [1.165, 1.54) is 12.8 Å². The zero-order chi connectivity index (χ0) is 13.1. The van der Waals surface area contributed by atoms with Gasteiger partial charge in [-0.1, -0.05) is 26.7 Å². The van der Waals surface area contributed by atoms with Crippen molar-refractivity contribution in [1.29, 1.82) is 0 Å². The molecular formula is C14H24N2O2. The summed E-state index contributed by atoms with van der Waals surface area (Å²) in [4.78, 5) is 26.0. The van der Waals surface area contributed by atoms with Crippen molar-refractivity contribution in [1.82, 2.24) is 10.2 Å². The van der Waals surface area contributed by atoms with Crippen LogP contribution in [0.1, 0.15) is 52.4 Å². The van der Waals surface area contributed by atoms with Crippen molar-refractivity contribution < 1.29 is 9.59 Å². The van der Waals surface area contributed by atoms with Crippen LogP contribution < -0.4 is 5.32 Å². The quantitative estimate of drug-likeness (QED) is 0.813. The lowest BCUT2D eigenvalue weighted by Gasteiger charge is -2.37. The molecule has 0 aromatic carbocycles. The van der Waals surface area contributed by atoms with Crippen LogP contribution in [0.25, 0.3) is 0 Å². The molecule has 2 fully saturated rings. The van der Waals surface area contributed by atoms with Gasteiger partial charge in [0.05, 0.1) is 0 Å². The molecule has 102 valence electrons. The maximum Gasteiger partial charge on any atom is 0.245 e. The van der Waals surface area contributed by atoms with Gasteiger partial charge in [-0.2, -0.15) is 0 Å². The molecule has 1 heterocycles. The summed E-state index contributed by atoms with van der Waals surface area (Å²) in [7, 11) is 0. The van der Waals surface area contributed by atoms with Crippen molar-refractivity contribution in [3.8, 4) is 0 Å². The van der Waals surface area contributed by atoms with Crippen LogP contribution in [0.15, 0.2) is 0 Å². The lowest BCUT2D eigenvalue weighted by atomic mass is 9.86. The Morgan fingerprint density at radius 3 is 2.78 bits per heavy atom. The highest BCUT2D eigenvalue weighted by atomic mass is 16.2. The maximum absolute atomic E-state index is 12.4. The fourth-order valence-corrected chi connectivity index (χ4v) is 3.18. The van der Waals surface area contributed by atoms with E-state index in [1.54, 1.807) is 0 Å². The molecule has 4 nitrogen and oxygen atoms in total. The molecule has 4 heteroatoms. The van der Waals surface area contributed by atoms with Crippen molar-refractivity contribution in [3.63, 3.8) is 0 Å². The van der Waals surface area contributed by atoms with Gasteiger partial charge < -0.3 is 10.2 Å². The van der Waals surface area contributed by atoms with Crippen molar-refractivity contribution in [2.24, 2.45) is 5.92 Å². The molecule has 2 aliphatic rings. The Morgan fingerprint density at radius 2 is 2.11 bits per heavy atom. The minimum atomic E-state index is -0.308. The monoisotopic (exact) mass is 252 g/mol. The van der Waals surface area contributed by atoms with E-state index in [0.717, 1.165) is 12.8 Å². The van der Waals surface area contributed by atoms with Crippen molar-refractivity contribution in [2.75, 3.05) is 6.54 Å². The van der Waals surface area contributed by atoms with E-state index in [4.69, 9.17) is 0 Å². The second kappa shape index (κ2) is 5.72. The molecule has 0 aromatic heterocycles. The predicted molar refractivity (Wildman–Crippen MR) is 70.0 cm³/mol. The van der Waals surface area contributed by atoms with Crippen molar-refractivity contribution >= 4 is 11.8 Å². The molecule has 1 aliphatic carbocycles. The van der Waals surface area contributed by atoms with E-state index in [9.17, 15) is 9.59 Å². The highest BCUT2D eigenvalue weighted by molar-refractivity contribution is 5.90. The predicted octanol–water partition coefficient (Wildman–Crippen LogP) is 1.69. The van der Waals surface area contributed by atoms with Crippen molar-refractivity contribution in [2.45, 2.75) is 64.5 Å². The molecule has 1 N–H and O–H groups in total. The average Bonchev–Trinajstić information content (AvgIpc) is 2.49. The number of nitrogens with zero attached hydrogens (tertiary/aromatic N) is 1. The minimum absolute atomic E-state index is 0.0153. The zero-order valence-corrected chi connectivity index (χ0v) is 11.4. The number of carbonyl (C=O) groups excluding carboxylic acids is 2. The Hall–Kier alpha value is -1.06. The van der Waals surface area contributed by atoms with Crippen LogP contribution >= 0.6 is 0 Å². The van der Waals surface area contributed by atoms with Gasteiger partial charge in [0.15, 0.2) is 0 Å². The van der Waals surface area contributed by atoms with Gasteiger partial charge >= 0.3 is 0 Å². The van der Waals surface area contributed by atoms with E-state index in [0.29, 0.717) is 31.3 Å². The Balaban J connectivity index is 2.09. The molecule has 0 aromatic rings. The molecule has 3 unspecified atom stereocenters. The average molecular weight is 252 g/mol. The third kappa shape index (κ3) is 2.85. The minimum Gasteiger partial charge on any atom is -0.344 e. The van der Waals surface area contributed by atoms with Crippen LogP contribution in [0.4, 0.5) is 0 Å².